The number of carbonyl (C=O) groups excluding carboxylic acids is 1. The number of anilines is 2. The molecular formula is C33H38FN7O2. The highest BCUT2D eigenvalue weighted by Gasteiger charge is 2.48. The van der Waals surface area contributed by atoms with Crippen molar-refractivity contribution >= 4 is 28.4 Å². The number of methoxy groups -OCH3 is 1. The normalized spacial score (nSPS) is 21.4. The van der Waals surface area contributed by atoms with Gasteiger partial charge < -0.3 is 30.6 Å². The maximum atomic E-state index is 14.2. The maximum absolute atomic E-state index is 14.2. The van der Waals surface area contributed by atoms with Gasteiger partial charge in [0, 0.05) is 31.9 Å². The summed E-state index contributed by atoms with van der Waals surface area (Å²) in [7, 11) is 1.60. The molecular weight excluding hydrogens is 545 g/mol. The number of imidazole rings is 1. The van der Waals surface area contributed by atoms with Gasteiger partial charge in [-0.25, -0.2) is 14.4 Å². The first-order valence-electron chi connectivity index (χ1n) is 15.1. The van der Waals surface area contributed by atoms with E-state index in [0.717, 1.165) is 66.8 Å². The predicted molar refractivity (Wildman–Crippen MR) is 165 cm³/mol. The second kappa shape index (κ2) is 10.5. The zero-order chi connectivity index (χ0) is 29.8. The third-order valence-corrected chi connectivity index (χ3v) is 9.79. The third-order valence-electron chi connectivity index (χ3n) is 9.79. The number of carbonyl (C=O) groups is 1. The monoisotopic (exact) mass is 583 g/mol. The largest absolute Gasteiger partial charge is 0.493 e. The molecule has 4 heterocycles. The Hall–Kier alpha value is -4.18. The molecule has 0 radical (unpaired) electrons. The van der Waals surface area contributed by atoms with Crippen LogP contribution in [0.3, 0.4) is 0 Å². The number of amides is 1. The minimum atomic E-state index is -0.949. The van der Waals surface area contributed by atoms with Crippen LogP contribution in [0.25, 0.3) is 22.2 Å². The fourth-order valence-electron chi connectivity index (χ4n) is 7.04. The van der Waals surface area contributed by atoms with Crippen LogP contribution in [0.5, 0.6) is 5.75 Å². The highest BCUT2D eigenvalue weighted by atomic mass is 19.1. The van der Waals surface area contributed by atoms with Crippen molar-refractivity contribution in [3.63, 3.8) is 0 Å². The Morgan fingerprint density at radius 3 is 2.56 bits per heavy atom. The summed E-state index contributed by atoms with van der Waals surface area (Å²) < 4.78 is 21.8. The first-order valence-corrected chi connectivity index (χ1v) is 15.1. The lowest BCUT2D eigenvalue weighted by molar-refractivity contribution is -0.139. The van der Waals surface area contributed by atoms with Crippen molar-refractivity contribution in [2.75, 3.05) is 43.9 Å². The van der Waals surface area contributed by atoms with Gasteiger partial charge in [-0.15, -0.1) is 0 Å². The van der Waals surface area contributed by atoms with E-state index in [4.69, 9.17) is 16.2 Å². The van der Waals surface area contributed by atoms with Crippen LogP contribution < -0.4 is 21.1 Å². The molecule has 4 aromatic rings. The average Bonchev–Trinajstić information content (AvgIpc) is 3.64. The minimum absolute atomic E-state index is 0.0685. The number of nitrogens with two attached hydrogens (primary N) is 2. The zero-order valence-electron chi connectivity index (χ0n) is 24.6. The summed E-state index contributed by atoms with van der Waals surface area (Å²) in [6, 6.07) is 12.8. The number of hydrogen-bond donors (Lipinski definition) is 2. The Balaban J connectivity index is 1.24. The van der Waals surface area contributed by atoms with Crippen LogP contribution in [0.1, 0.15) is 44.1 Å². The summed E-state index contributed by atoms with van der Waals surface area (Å²) in [5.74, 6) is 0.683. The van der Waals surface area contributed by atoms with Crippen molar-refractivity contribution in [1.82, 2.24) is 19.4 Å². The Morgan fingerprint density at radius 2 is 1.81 bits per heavy atom. The van der Waals surface area contributed by atoms with Crippen LogP contribution >= 0.6 is 0 Å². The molecule has 1 unspecified atom stereocenters. The van der Waals surface area contributed by atoms with E-state index < -0.39 is 5.54 Å². The van der Waals surface area contributed by atoms with E-state index in [1.807, 2.05) is 21.6 Å². The Bertz CT molecular complexity index is 1690. The highest BCUT2D eigenvalue weighted by Crippen LogP contribution is 2.53. The summed E-state index contributed by atoms with van der Waals surface area (Å²) in [6.45, 7) is 3.28. The Morgan fingerprint density at radius 1 is 1.02 bits per heavy atom. The number of hydrogen-bond acceptors (Lipinski definition) is 7. The van der Waals surface area contributed by atoms with Crippen LogP contribution in [0, 0.1) is 11.2 Å². The molecule has 7 rings (SSSR count). The molecule has 3 fully saturated rings. The SMILES string of the molecule is COc1cnc(N)c2ncn(Cc3cc(-c4cccc(F)c4)ccc3N3CCCC(N)(C(=O)N4CCC5(CC4)CC5)C3)c12. The van der Waals surface area contributed by atoms with E-state index in [9.17, 15) is 9.18 Å². The van der Waals surface area contributed by atoms with Gasteiger partial charge >= 0.3 is 0 Å². The van der Waals surface area contributed by atoms with Crippen molar-refractivity contribution in [2.45, 2.75) is 50.6 Å². The maximum Gasteiger partial charge on any atom is 0.244 e. The number of benzene rings is 2. The van der Waals surface area contributed by atoms with Gasteiger partial charge in [0.15, 0.2) is 11.6 Å². The second-order valence-corrected chi connectivity index (χ2v) is 12.6. The van der Waals surface area contributed by atoms with Crippen molar-refractivity contribution in [3.8, 4) is 16.9 Å². The molecule has 3 aliphatic rings. The molecule has 1 amide bonds. The van der Waals surface area contributed by atoms with Gasteiger partial charge in [0.2, 0.25) is 5.91 Å². The van der Waals surface area contributed by atoms with Crippen molar-refractivity contribution in [2.24, 2.45) is 11.1 Å². The highest BCUT2D eigenvalue weighted by molar-refractivity contribution is 5.90. The number of nitrogen functional groups attached to an aromatic ring is 1. The average molecular weight is 584 g/mol. The lowest BCUT2D eigenvalue weighted by Crippen LogP contribution is -2.64. The lowest BCUT2D eigenvalue weighted by atomic mass is 9.86. The Labute approximate surface area is 250 Å². The molecule has 1 aliphatic carbocycles. The molecule has 1 spiro atoms. The topological polar surface area (TPSA) is 116 Å². The van der Waals surface area contributed by atoms with Crippen molar-refractivity contribution in [1.29, 1.82) is 0 Å². The van der Waals surface area contributed by atoms with Crippen LogP contribution in [-0.2, 0) is 11.3 Å². The van der Waals surface area contributed by atoms with Gasteiger partial charge in [0.05, 0.1) is 26.2 Å². The van der Waals surface area contributed by atoms with Gasteiger partial charge in [-0.3, -0.25) is 4.79 Å². The van der Waals surface area contributed by atoms with Gasteiger partial charge in [0.1, 0.15) is 22.4 Å². The molecule has 0 bridgehead atoms. The number of likely N-dealkylation sites (tertiary alicyclic amines) is 1. The summed E-state index contributed by atoms with van der Waals surface area (Å²) in [4.78, 5) is 26.8. The van der Waals surface area contributed by atoms with E-state index in [2.05, 4.69) is 27.0 Å². The van der Waals surface area contributed by atoms with E-state index in [-0.39, 0.29) is 11.7 Å². The smallest absolute Gasteiger partial charge is 0.244 e. The number of pyridine rings is 1. The molecule has 10 heteroatoms. The number of rotatable bonds is 6. The summed E-state index contributed by atoms with van der Waals surface area (Å²) >= 11 is 0. The van der Waals surface area contributed by atoms with Crippen LogP contribution in [0.2, 0.25) is 0 Å². The summed E-state index contributed by atoms with van der Waals surface area (Å²) in [6.07, 6.45) is 9.59. The van der Waals surface area contributed by atoms with Gasteiger partial charge in [-0.2, -0.15) is 0 Å². The van der Waals surface area contributed by atoms with Gasteiger partial charge in [-0.1, -0.05) is 18.2 Å². The fraction of sp³-hybridized carbons (Fsp3) is 0.424. The van der Waals surface area contributed by atoms with Crippen molar-refractivity contribution in [3.05, 3.63) is 66.4 Å². The quantitative estimate of drug-likeness (QED) is 0.342. The molecule has 1 saturated carbocycles. The third kappa shape index (κ3) is 5.07. The summed E-state index contributed by atoms with van der Waals surface area (Å²) in [5, 5.41) is 0. The molecule has 224 valence electrons. The fourth-order valence-corrected chi connectivity index (χ4v) is 7.04. The van der Waals surface area contributed by atoms with Crippen LogP contribution in [0.4, 0.5) is 15.9 Å². The Kier molecular flexibility index (Phi) is 6.76. The van der Waals surface area contributed by atoms with E-state index in [0.29, 0.717) is 42.0 Å². The predicted octanol–water partition coefficient (Wildman–Crippen LogP) is 4.58. The number of nitrogens with zero attached hydrogens (tertiary/aromatic N) is 5. The number of piperidine rings is 2. The zero-order valence-corrected chi connectivity index (χ0v) is 24.6. The molecule has 2 saturated heterocycles. The molecule has 2 aromatic carbocycles. The molecule has 2 aromatic heterocycles. The molecule has 1 atom stereocenters. The summed E-state index contributed by atoms with van der Waals surface area (Å²) in [5.41, 5.74) is 17.6. The van der Waals surface area contributed by atoms with E-state index in [1.54, 1.807) is 25.7 Å². The molecule has 9 nitrogen and oxygen atoms in total. The molecule has 4 N–H and O–H groups in total. The lowest BCUT2D eigenvalue weighted by Gasteiger charge is -2.44. The van der Waals surface area contributed by atoms with Crippen molar-refractivity contribution < 1.29 is 13.9 Å². The second-order valence-electron chi connectivity index (χ2n) is 12.6. The first kappa shape index (κ1) is 27.6. The molecule has 43 heavy (non-hydrogen) atoms. The van der Waals surface area contributed by atoms with Crippen LogP contribution in [-0.4, -0.2) is 64.2 Å². The minimum Gasteiger partial charge on any atom is -0.493 e. The standard InChI is InChI=1S/C33H38FN7O2/c1-43-27-18-37-30(35)28-29(27)41(21-38-28)19-24-16-23(22-4-2-5-25(34)17-22)6-7-26(24)40-13-3-8-33(36,20-40)31(42)39-14-11-32(9-10-32)12-15-39/h2,4-7,16-18,21H,3,8-15,19-20,36H2,1H3,(H2,35,37). The first-order chi connectivity index (χ1) is 20.8. The van der Waals surface area contributed by atoms with Crippen LogP contribution in [0.15, 0.2) is 55.0 Å². The molecule has 2 aliphatic heterocycles. The van der Waals surface area contributed by atoms with E-state index in [1.165, 1.54) is 25.0 Å². The van der Waals surface area contributed by atoms with E-state index >= 15 is 0 Å². The number of aromatic nitrogens is 3. The number of fused-ring (bicyclic) bond motifs is 1. The van der Waals surface area contributed by atoms with Gasteiger partial charge in [0.25, 0.3) is 0 Å². The number of ether oxygens (including phenoxy) is 1. The van der Waals surface area contributed by atoms with Gasteiger partial charge in [-0.05, 0) is 84.9 Å². The number of halogens is 1.